The predicted octanol–water partition coefficient (Wildman–Crippen LogP) is -0.206. The first-order valence-electron chi connectivity index (χ1n) is 8.59. The van der Waals surface area contributed by atoms with Gasteiger partial charge in [0.1, 0.15) is 0 Å². The number of anilines is 1. The highest BCUT2D eigenvalue weighted by Gasteiger charge is 2.34. The van der Waals surface area contributed by atoms with Gasteiger partial charge in [0, 0.05) is 49.5 Å². The monoisotopic (exact) mass is 365 g/mol. The molecule has 2 saturated heterocycles. The second-order valence-corrected chi connectivity index (χ2v) is 6.89. The van der Waals surface area contributed by atoms with Crippen molar-refractivity contribution in [2.24, 2.45) is 5.73 Å². The zero-order chi connectivity index (χ0) is 17.8. The molecule has 1 aromatic rings. The molecule has 2 aliphatic heterocycles. The normalized spacial score (nSPS) is 23.6. The molecule has 2 heterocycles. The van der Waals surface area contributed by atoms with Gasteiger partial charge in [0.2, 0.25) is 11.8 Å². The minimum atomic E-state index is -0.235. The Hall–Kier alpha value is -1.83. The van der Waals surface area contributed by atoms with Crippen LogP contribution in [0.4, 0.5) is 5.69 Å². The van der Waals surface area contributed by atoms with Gasteiger partial charge >= 0.3 is 0 Å². The number of halogens is 1. The van der Waals surface area contributed by atoms with E-state index in [0.29, 0.717) is 26.1 Å². The van der Waals surface area contributed by atoms with Crippen LogP contribution in [-0.2, 0) is 9.59 Å². The van der Waals surface area contributed by atoms with Crippen molar-refractivity contribution >= 4 is 29.1 Å². The van der Waals surface area contributed by atoms with E-state index in [1.165, 1.54) is 0 Å². The molecule has 7 nitrogen and oxygen atoms in total. The lowest BCUT2D eigenvalue weighted by Crippen LogP contribution is -2.53. The van der Waals surface area contributed by atoms with E-state index >= 15 is 0 Å². The summed E-state index contributed by atoms with van der Waals surface area (Å²) in [6.07, 6.45) is 0.610. The van der Waals surface area contributed by atoms with Crippen LogP contribution in [0.15, 0.2) is 24.3 Å². The summed E-state index contributed by atoms with van der Waals surface area (Å²) in [6.45, 7) is 3.51. The summed E-state index contributed by atoms with van der Waals surface area (Å²) in [4.78, 5) is 28.2. The second-order valence-electron chi connectivity index (χ2n) is 6.46. The average molecular weight is 366 g/mol. The molecule has 136 valence electrons. The number of amides is 2. The first-order valence-corrected chi connectivity index (χ1v) is 8.96. The number of piperazine rings is 1. The number of nitrogens with zero attached hydrogens (tertiary/aromatic N) is 2. The van der Waals surface area contributed by atoms with E-state index in [2.05, 4.69) is 15.5 Å². The molecule has 3 rings (SSSR count). The lowest BCUT2D eigenvalue weighted by molar-refractivity contribution is -0.133. The van der Waals surface area contributed by atoms with Crippen molar-refractivity contribution in [3.05, 3.63) is 29.3 Å². The molecule has 0 unspecified atom stereocenters. The van der Waals surface area contributed by atoms with Crippen LogP contribution in [0.2, 0.25) is 5.02 Å². The molecule has 8 heteroatoms. The smallest absolute Gasteiger partial charge is 0.239 e. The van der Waals surface area contributed by atoms with E-state index < -0.39 is 0 Å². The Bertz CT molecular complexity index is 633. The summed E-state index contributed by atoms with van der Waals surface area (Å²) in [5.41, 5.74) is 6.40. The minimum absolute atomic E-state index is 0.0272. The third-order valence-corrected chi connectivity index (χ3v) is 4.98. The first kappa shape index (κ1) is 18.0. The van der Waals surface area contributed by atoms with E-state index in [-0.39, 0.29) is 30.4 Å². The number of carbonyl (C=O) groups is 2. The molecular formula is C17H24ClN5O2. The van der Waals surface area contributed by atoms with Gasteiger partial charge in [-0.2, -0.15) is 0 Å². The fraction of sp³-hybridized carbons (Fsp3) is 0.529. The number of hydrogen-bond acceptors (Lipinski definition) is 5. The molecular weight excluding hydrogens is 342 g/mol. The molecule has 25 heavy (non-hydrogen) atoms. The van der Waals surface area contributed by atoms with Gasteiger partial charge in [-0.1, -0.05) is 17.7 Å². The van der Waals surface area contributed by atoms with Gasteiger partial charge in [0.15, 0.2) is 0 Å². The molecule has 2 amide bonds. The van der Waals surface area contributed by atoms with Gasteiger partial charge in [-0.25, -0.2) is 0 Å². The van der Waals surface area contributed by atoms with Gasteiger partial charge in [-0.15, -0.1) is 0 Å². The zero-order valence-corrected chi connectivity index (χ0v) is 14.8. The third kappa shape index (κ3) is 4.42. The van der Waals surface area contributed by atoms with Crippen LogP contribution < -0.4 is 21.3 Å². The molecule has 0 radical (unpaired) electrons. The third-order valence-electron chi connectivity index (χ3n) is 4.74. The molecule has 0 spiro atoms. The van der Waals surface area contributed by atoms with Crippen LogP contribution in [0.25, 0.3) is 0 Å². The lowest BCUT2D eigenvalue weighted by Gasteiger charge is -2.37. The van der Waals surface area contributed by atoms with Crippen molar-refractivity contribution in [3.8, 4) is 0 Å². The summed E-state index contributed by atoms with van der Waals surface area (Å²) < 4.78 is 0. The van der Waals surface area contributed by atoms with E-state index in [0.717, 1.165) is 23.8 Å². The largest absolute Gasteiger partial charge is 0.368 e. The van der Waals surface area contributed by atoms with Gasteiger partial charge in [-0.05, 0) is 24.6 Å². The fourth-order valence-corrected chi connectivity index (χ4v) is 3.58. The minimum Gasteiger partial charge on any atom is -0.368 e. The predicted molar refractivity (Wildman–Crippen MR) is 97.6 cm³/mol. The van der Waals surface area contributed by atoms with Crippen molar-refractivity contribution in [1.82, 2.24) is 15.5 Å². The zero-order valence-electron chi connectivity index (χ0n) is 14.1. The highest BCUT2D eigenvalue weighted by molar-refractivity contribution is 6.30. The Morgan fingerprint density at radius 2 is 2.04 bits per heavy atom. The SMILES string of the molecule is NCC(=O)N[C@H]1CN[C@H](C(=O)N2CCN(c3cccc(Cl)c3)CC2)C1. The van der Waals surface area contributed by atoms with Crippen LogP contribution in [0.3, 0.4) is 0 Å². The molecule has 2 fully saturated rings. The molecule has 0 saturated carbocycles. The van der Waals surface area contributed by atoms with Gasteiger partial charge in [-0.3, -0.25) is 9.59 Å². The van der Waals surface area contributed by atoms with Crippen LogP contribution >= 0.6 is 11.6 Å². The van der Waals surface area contributed by atoms with E-state index in [1.807, 2.05) is 29.2 Å². The maximum Gasteiger partial charge on any atom is 0.239 e. The van der Waals surface area contributed by atoms with Crippen LogP contribution in [0, 0.1) is 0 Å². The Balaban J connectivity index is 1.49. The topological polar surface area (TPSA) is 90.7 Å². The molecule has 4 N–H and O–H groups in total. The van der Waals surface area contributed by atoms with Crippen molar-refractivity contribution in [2.75, 3.05) is 44.2 Å². The Morgan fingerprint density at radius 1 is 1.28 bits per heavy atom. The van der Waals surface area contributed by atoms with Crippen molar-refractivity contribution in [2.45, 2.75) is 18.5 Å². The number of hydrogen-bond donors (Lipinski definition) is 3. The van der Waals surface area contributed by atoms with Crippen molar-refractivity contribution < 1.29 is 9.59 Å². The molecule has 2 atom stereocenters. The van der Waals surface area contributed by atoms with Crippen molar-refractivity contribution in [1.29, 1.82) is 0 Å². The Morgan fingerprint density at radius 3 is 2.72 bits per heavy atom. The van der Waals surface area contributed by atoms with E-state index in [4.69, 9.17) is 17.3 Å². The molecule has 0 bridgehead atoms. The maximum absolute atomic E-state index is 12.7. The number of nitrogens with one attached hydrogen (secondary N) is 2. The lowest BCUT2D eigenvalue weighted by atomic mass is 10.1. The summed E-state index contributed by atoms with van der Waals surface area (Å²) >= 11 is 6.05. The molecule has 2 aliphatic rings. The van der Waals surface area contributed by atoms with Gasteiger partial charge < -0.3 is 26.2 Å². The van der Waals surface area contributed by atoms with Gasteiger partial charge in [0.25, 0.3) is 0 Å². The standard InChI is InChI=1S/C17H24ClN5O2/c18-12-2-1-3-14(8-12)22-4-6-23(7-5-22)17(25)15-9-13(11-20-15)21-16(24)10-19/h1-3,8,13,15,20H,4-7,9-11,19H2,(H,21,24)/t13-,15+/m1/s1. The number of nitrogens with two attached hydrogens (primary N) is 1. The number of rotatable bonds is 4. The molecule has 0 aromatic heterocycles. The van der Waals surface area contributed by atoms with E-state index in [1.54, 1.807) is 0 Å². The maximum atomic E-state index is 12.7. The van der Waals surface area contributed by atoms with E-state index in [9.17, 15) is 9.59 Å². The van der Waals surface area contributed by atoms with Gasteiger partial charge in [0.05, 0.1) is 12.6 Å². The summed E-state index contributed by atoms with van der Waals surface area (Å²) in [6, 6.07) is 7.51. The Kier molecular flexibility index (Phi) is 5.78. The average Bonchev–Trinajstić information content (AvgIpc) is 3.09. The fourth-order valence-electron chi connectivity index (χ4n) is 3.40. The molecule has 1 aromatic carbocycles. The second kappa shape index (κ2) is 8.03. The van der Waals surface area contributed by atoms with Crippen molar-refractivity contribution in [3.63, 3.8) is 0 Å². The number of carbonyl (C=O) groups excluding carboxylic acids is 2. The summed E-state index contributed by atoms with van der Waals surface area (Å²) in [7, 11) is 0. The Labute approximate surface area is 152 Å². The summed E-state index contributed by atoms with van der Waals surface area (Å²) in [5.74, 6) is -0.0784. The molecule has 0 aliphatic carbocycles. The van der Waals surface area contributed by atoms with Crippen LogP contribution in [0.5, 0.6) is 0 Å². The number of benzene rings is 1. The highest BCUT2D eigenvalue weighted by atomic mass is 35.5. The summed E-state index contributed by atoms with van der Waals surface area (Å²) in [5, 5.41) is 6.76. The quantitative estimate of drug-likeness (QED) is 0.687. The highest BCUT2D eigenvalue weighted by Crippen LogP contribution is 2.21. The van der Waals surface area contributed by atoms with Crippen LogP contribution in [0.1, 0.15) is 6.42 Å². The van der Waals surface area contributed by atoms with Crippen LogP contribution in [-0.4, -0.2) is 68.1 Å². The first-order chi connectivity index (χ1) is 12.1.